The fraction of sp³-hybridized carbons (Fsp3) is 0.182. The van der Waals surface area contributed by atoms with E-state index in [1.165, 1.54) is 17.3 Å². The molecule has 4 rings (SSSR count). The van der Waals surface area contributed by atoms with Crippen LogP contribution in [0.3, 0.4) is 0 Å². The van der Waals surface area contributed by atoms with Gasteiger partial charge < -0.3 is 4.74 Å². The molecule has 0 fully saturated rings. The number of nitrogens with zero attached hydrogens (tertiary/aromatic N) is 3. The number of carbonyl (C=O) groups is 1. The average Bonchev–Trinajstić information content (AvgIpc) is 3.00. The Balaban J connectivity index is 1.90. The van der Waals surface area contributed by atoms with E-state index in [1.807, 2.05) is 24.3 Å². The number of aryl methyl sites for hydroxylation is 1. The van der Waals surface area contributed by atoms with E-state index in [2.05, 4.69) is 19.7 Å². The number of guanidine groups is 1. The summed E-state index contributed by atoms with van der Waals surface area (Å²) in [4.78, 5) is 26.0. The number of aromatic nitrogens is 2. The molecule has 0 saturated carbocycles. The number of halogens is 2. The van der Waals surface area contributed by atoms with Crippen molar-refractivity contribution in [3.05, 3.63) is 77.9 Å². The van der Waals surface area contributed by atoms with E-state index in [0.29, 0.717) is 16.7 Å². The second-order valence-electron chi connectivity index (χ2n) is 7.19. The molecular formula is C22H20F2N5O2+. The lowest BCUT2D eigenvalue weighted by molar-refractivity contribution is -0.525. The highest BCUT2D eigenvalue weighted by Gasteiger charge is 2.54. The molecule has 9 heteroatoms. The van der Waals surface area contributed by atoms with Gasteiger partial charge in [0.2, 0.25) is 5.54 Å². The van der Waals surface area contributed by atoms with Crippen molar-refractivity contribution >= 4 is 11.9 Å². The third-order valence-corrected chi connectivity index (χ3v) is 5.32. The van der Waals surface area contributed by atoms with Crippen molar-refractivity contribution < 1.29 is 23.3 Å². The van der Waals surface area contributed by atoms with Crippen molar-refractivity contribution in [1.82, 2.24) is 14.9 Å². The number of amides is 1. The van der Waals surface area contributed by atoms with E-state index in [1.54, 1.807) is 38.5 Å². The molecule has 1 atom stereocenters. The molecule has 0 spiro atoms. The summed E-state index contributed by atoms with van der Waals surface area (Å²) in [5.74, 6) is -0.0720. The summed E-state index contributed by atoms with van der Waals surface area (Å²) < 4.78 is 29.9. The molecule has 2 heterocycles. The van der Waals surface area contributed by atoms with Gasteiger partial charge in [0.05, 0.1) is 7.05 Å². The van der Waals surface area contributed by atoms with Gasteiger partial charge in [-0.2, -0.15) is 8.78 Å². The van der Waals surface area contributed by atoms with Gasteiger partial charge in [0, 0.05) is 29.1 Å². The minimum atomic E-state index is -2.94. The predicted molar refractivity (Wildman–Crippen MR) is 109 cm³/mol. The van der Waals surface area contributed by atoms with Crippen LogP contribution in [0.25, 0.3) is 11.1 Å². The van der Waals surface area contributed by atoms with Crippen LogP contribution in [0.2, 0.25) is 0 Å². The monoisotopic (exact) mass is 424 g/mol. The van der Waals surface area contributed by atoms with Crippen molar-refractivity contribution in [2.45, 2.75) is 19.1 Å². The zero-order valence-corrected chi connectivity index (χ0v) is 16.8. The van der Waals surface area contributed by atoms with E-state index in [0.717, 1.165) is 11.1 Å². The molecule has 3 aromatic rings. The van der Waals surface area contributed by atoms with Crippen molar-refractivity contribution in [3.63, 3.8) is 0 Å². The number of rotatable bonds is 5. The number of benzene rings is 2. The lowest BCUT2D eigenvalue weighted by Crippen LogP contribution is -2.85. The van der Waals surface area contributed by atoms with Crippen LogP contribution < -0.4 is 15.5 Å². The maximum Gasteiger partial charge on any atom is 0.387 e. The van der Waals surface area contributed by atoms with Gasteiger partial charge in [-0.15, -0.1) is 0 Å². The first-order valence-corrected chi connectivity index (χ1v) is 9.43. The number of carbonyl (C=O) groups excluding carboxylic acids is 1. The molecule has 1 aliphatic heterocycles. The van der Waals surface area contributed by atoms with Crippen molar-refractivity contribution in [2.24, 2.45) is 5.73 Å². The number of hydrogen-bond donors (Lipinski definition) is 2. The quantitative estimate of drug-likeness (QED) is 0.641. The molecule has 2 aromatic carbocycles. The number of ether oxygens (including phenoxy) is 1. The molecule has 0 radical (unpaired) electrons. The SMILES string of the molecule is Cc1cc(C2(c3cccc(-c4cncnc4)c3)[NH+]=C(N)N(C)C2=O)ccc1OC(F)F. The number of hydrogen-bond acceptors (Lipinski definition) is 5. The average molecular weight is 424 g/mol. The predicted octanol–water partition coefficient (Wildman–Crippen LogP) is 1.16. The Labute approximate surface area is 177 Å². The summed E-state index contributed by atoms with van der Waals surface area (Å²) in [5, 5.41) is 0. The number of alkyl halides is 2. The first kappa shape index (κ1) is 20.4. The van der Waals surface area contributed by atoms with E-state index in [4.69, 9.17) is 5.73 Å². The topological polar surface area (TPSA) is 95.3 Å². The minimum absolute atomic E-state index is 0.0415. The largest absolute Gasteiger partial charge is 0.435 e. The molecule has 0 bridgehead atoms. The van der Waals surface area contributed by atoms with Gasteiger partial charge in [-0.05, 0) is 36.2 Å². The van der Waals surface area contributed by atoms with Crippen LogP contribution >= 0.6 is 0 Å². The fourth-order valence-corrected chi connectivity index (χ4v) is 3.74. The molecule has 31 heavy (non-hydrogen) atoms. The second-order valence-corrected chi connectivity index (χ2v) is 7.19. The van der Waals surface area contributed by atoms with E-state index < -0.39 is 12.2 Å². The summed E-state index contributed by atoms with van der Waals surface area (Å²) >= 11 is 0. The molecule has 0 aliphatic carbocycles. The van der Waals surface area contributed by atoms with Crippen molar-refractivity contribution in [1.29, 1.82) is 0 Å². The molecular weight excluding hydrogens is 404 g/mol. The van der Waals surface area contributed by atoms with Crippen LogP contribution in [0.5, 0.6) is 5.75 Å². The van der Waals surface area contributed by atoms with Gasteiger partial charge in [0.1, 0.15) is 12.1 Å². The maximum absolute atomic E-state index is 13.4. The second kappa shape index (κ2) is 7.75. The Hall–Kier alpha value is -3.88. The molecule has 0 saturated heterocycles. The van der Waals surface area contributed by atoms with Crippen LogP contribution in [0.1, 0.15) is 16.7 Å². The standard InChI is InChI=1S/C22H19F2N5O2/c1-13-8-17(6-7-18(13)31-20(23)24)22(19(30)29(2)21(25)28-22)16-5-3-4-14(9-16)15-10-26-12-27-11-15/h3-12,20H,1-2H3,(H2,25,28)/p+1. The number of nitrogens with one attached hydrogen (secondary N) is 1. The Morgan fingerprint density at radius 2 is 1.81 bits per heavy atom. The Morgan fingerprint density at radius 3 is 2.42 bits per heavy atom. The zero-order valence-electron chi connectivity index (χ0n) is 16.8. The van der Waals surface area contributed by atoms with Crippen LogP contribution in [-0.4, -0.2) is 40.4 Å². The lowest BCUT2D eigenvalue weighted by Gasteiger charge is -2.25. The van der Waals surface area contributed by atoms with Crippen molar-refractivity contribution in [2.75, 3.05) is 7.05 Å². The molecule has 3 N–H and O–H groups in total. The van der Waals surface area contributed by atoms with Crippen LogP contribution in [0.15, 0.2) is 61.2 Å². The highest BCUT2D eigenvalue weighted by Crippen LogP contribution is 2.34. The van der Waals surface area contributed by atoms with Gasteiger partial charge in [0.15, 0.2) is 0 Å². The smallest absolute Gasteiger partial charge is 0.387 e. The number of likely N-dealkylation sites (N-methyl/N-ethyl adjacent to an activating group) is 1. The van der Waals surface area contributed by atoms with Gasteiger partial charge >= 0.3 is 18.5 Å². The summed E-state index contributed by atoms with van der Waals surface area (Å²) in [7, 11) is 1.57. The summed E-state index contributed by atoms with van der Waals surface area (Å²) in [6.45, 7) is -1.30. The first-order valence-electron chi connectivity index (χ1n) is 9.43. The number of nitrogens with two attached hydrogens (primary N) is 1. The molecule has 1 aliphatic rings. The van der Waals surface area contributed by atoms with Crippen LogP contribution in [-0.2, 0) is 10.3 Å². The summed E-state index contributed by atoms with van der Waals surface area (Å²) in [6, 6.07) is 12.0. The maximum atomic E-state index is 13.4. The fourth-order valence-electron chi connectivity index (χ4n) is 3.74. The van der Waals surface area contributed by atoms with Crippen LogP contribution in [0.4, 0.5) is 8.78 Å². The van der Waals surface area contributed by atoms with E-state index in [9.17, 15) is 13.6 Å². The highest BCUT2D eigenvalue weighted by molar-refractivity contribution is 6.03. The first-order chi connectivity index (χ1) is 14.8. The third kappa shape index (κ3) is 3.48. The highest BCUT2D eigenvalue weighted by atomic mass is 19.3. The summed E-state index contributed by atoms with van der Waals surface area (Å²) in [6.07, 6.45) is 4.79. The molecule has 158 valence electrons. The Kier molecular flexibility index (Phi) is 5.10. The van der Waals surface area contributed by atoms with E-state index in [-0.39, 0.29) is 17.6 Å². The lowest BCUT2D eigenvalue weighted by atomic mass is 9.81. The van der Waals surface area contributed by atoms with Crippen LogP contribution in [0, 0.1) is 6.92 Å². The summed E-state index contributed by atoms with van der Waals surface area (Å²) in [5.41, 5.74) is 7.98. The van der Waals surface area contributed by atoms with Gasteiger partial charge in [-0.1, -0.05) is 24.3 Å². The Bertz CT molecular complexity index is 1170. The molecule has 1 unspecified atom stereocenters. The van der Waals surface area contributed by atoms with Gasteiger partial charge in [0.25, 0.3) is 0 Å². The van der Waals surface area contributed by atoms with Crippen molar-refractivity contribution in [3.8, 4) is 16.9 Å². The van der Waals surface area contributed by atoms with Gasteiger partial charge in [-0.3, -0.25) is 15.5 Å². The zero-order chi connectivity index (χ0) is 22.2. The minimum Gasteiger partial charge on any atom is -0.435 e. The molecule has 7 nitrogen and oxygen atoms in total. The van der Waals surface area contributed by atoms with E-state index >= 15 is 0 Å². The molecule has 1 aromatic heterocycles. The third-order valence-electron chi connectivity index (χ3n) is 5.32. The Morgan fingerprint density at radius 1 is 1.10 bits per heavy atom. The van der Waals surface area contributed by atoms with Gasteiger partial charge in [-0.25, -0.2) is 14.9 Å². The normalized spacial score (nSPS) is 18.4. The molecule has 1 amide bonds.